The summed E-state index contributed by atoms with van der Waals surface area (Å²) >= 11 is 0. The van der Waals surface area contributed by atoms with E-state index in [0.717, 1.165) is 54.7 Å². The lowest BCUT2D eigenvalue weighted by atomic mass is 9.71. The first kappa shape index (κ1) is 31.8. The molecule has 8 rings (SSSR count). The van der Waals surface area contributed by atoms with Crippen LogP contribution in [0.15, 0.2) is 152 Å². The lowest BCUT2D eigenvalue weighted by molar-refractivity contribution is 0.436. The van der Waals surface area contributed by atoms with E-state index in [1.54, 1.807) is 0 Å². The van der Waals surface area contributed by atoms with Crippen molar-refractivity contribution in [1.29, 1.82) is 0 Å². The minimum Gasteiger partial charge on any atom is -0.310 e. The Hall–Kier alpha value is -5.47. The number of pyridine rings is 1. The molecule has 50 heavy (non-hydrogen) atoms. The number of aromatic nitrogens is 1. The summed E-state index contributed by atoms with van der Waals surface area (Å²) < 4.78 is 0. The number of nitrogens with zero attached hydrogens (tertiary/aromatic N) is 2. The molecule has 0 atom stereocenters. The lowest BCUT2D eigenvalue weighted by Gasteiger charge is -2.33. The molecule has 0 amide bonds. The second-order valence-electron chi connectivity index (χ2n) is 13.7. The zero-order valence-electron chi connectivity index (χ0n) is 29.4. The molecule has 2 nitrogen and oxygen atoms in total. The molecule has 0 fully saturated rings. The number of benzene rings is 6. The molecule has 0 radical (unpaired) electrons. The van der Waals surface area contributed by atoms with Crippen LogP contribution in [0.5, 0.6) is 0 Å². The fourth-order valence-corrected chi connectivity index (χ4v) is 8.57. The van der Waals surface area contributed by atoms with Crippen LogP contribution in [0, 0.1) is 0 Å². The molecule has 0 saturated heterocycles. The summed E-state index contributed by atoms with van der Waals surface area (Å²) in [6, 6.07) is 53.8. The normalized spacial score (nSPS) is 12.9. The van der Waals surface area contributed by atoms with Gasteiger partial charge in [0, 0.05) is 34.2 Å². The summed E-state index contributed by atoms with van der Waals surface area (Å²) in [4.78, 5) is 7.03. The topological polar surface area (TPSA) is 16.1 Å². The molecular weight excluding hydrogens is 605 g/mol. The molecule has 1 aliphatic carbocycles. The first-order valence-electron chi connectivity index (χ1n) is 18.3. The number of anilines is 3. The van der Waals surface area contributed by atoms with E-state index in [2.05, 4.69) is 164 Å². The number of hydrogen-bond donors (Lipinski definition) is 0. The summed E-state index contributed by atoms with van der Waals surface area (Å²) in [6.07, 6.45) is 7.46. The second-order valence-corrected chi connectivity index (χ2v) is 13.7. The van der Waals surface area contributed by atoms with Crippen LogP contribution in [0.1, 0.15) is 63.1 Å². The highest BCUT2D eigenvalue weighted by Gasteiger charge is 2.42. The Morgan fingerprint density at radius 2 is 1.10 bits per heavy atom. The maximum atomic E-state index is 4.61. The van der Waals surface area contributed by atoms with Crippen molar-refractivity contribution in [1.82, 2.24) is 4.98 Å². The monoisotopic (exact) mass is 648 g/mol. The molecule has 0 aliphatic heterocycles. The van der Waals surface area contributed by atoms with Gasteiger partial charge in [-0.3, -0.25) is 4.98 Å². The number of fused-ring (bicyclic) bond motifs is 4. The van der Waals surface area contributed by atoms with Crippen molar-refractivity contribution in [3.8, 4) is 33.5 Å². The van der Waals surface area contributed by atoms with E-state index in [9.17, 15) is 0 Å². The largest absolute Gasteiger partial charge is 0.310 e. The fraction of sp³-hybridized carbons (Fsp3) is 0.188. The Kier molecular flexibility index (Phi) is 8.54. The summed E-state index contributed by atoms with van der Waals surface area (Å²) in [5, 5.41) is 2.65. The molecule has 1 aliphatic rings. The van der Waals surface area contributed by atoms with Crippen molar-refractivity contribution in [3.63, 3.8) is 0 Å². The zero-order valence-corrected chi connectivity index (χ0v) is 29.4. The Morgan fingerprint density at radius 3 is 1.78 bits per heavy atom. The molecule has 0 N–H and O–H groups in total. The van der Waals surface area contributed by atoms with Gasteiger partial charge in [0.05, 0.1) is 5.69 Å². The highest BCUT2D eigenvalue weighted by molar-refractivity contribution is 5.99. The van der Waals surface area contributed by atoms with Crippen molar-refractivity contribution in [2.75, 3.05) is 4.90 Å². The van der Waals surface area contributed by atoms with Gasteiger partial charge in [0.15, 0.2) is 0 Å². The molecule has 1 aromatic heterocycles. The molecule has 1 heterocycles. The van der Waals surface area contributed by atoms with Crippen LogP contribution < -0.4 is 4.90 Å². The standard InChI is InChI=1S/C48H44N2/c1-4-30-48(31-5-2)45-16-10-9-15-43(45)44-29-27-39(33-46(44)48)50(38-25-20-36(21-26-38)47-17-11-12-32-49-47)37-23-18-35(19-24-37)41-28-22-34(6-3)40-13-7-8-14-42(40)41/h7-29,32-33H,4-6,30-31H2,1-3H3. The predicted molar refractivity (Wildman–Crippen MR) is 213 cm³/mol. The Bertz CT molecular complexity index is 2260. The summed E-state index contributed by atoms with van der Waals surface area (Å²) in [7, 11) is 0. The Balaban J connectivity index is 1.26. The first-order valence-corrected chi connectivity index (χ1v) is 18.3. The van der Waals surface area contributed by atoms with Crippen LogP contribution >= 0.6 is 0 Å². The maximum Gasteiger partial charge on any atom is 0.0701 e. The van der Waals surface area contributed by atoms with E-state index in [4.69, 9.17) is 0 Å². The van der Waals surface area contributed by atoms with Crippen LogP contribution in [-0.4, -0.2) is 4.98 Å². The third kappa shape index (κ3) is 5.40. The van der Waals surface area contributed by atoms with E-state index < -0.39 is 0 Å². The van der Waals surface area contributed by atoms with Gasteiger partial charge in [-0.15, -0.1) is 0 Å². The average Bonchev–Trinajstić information content (AvgIpc) is 3.44. The van der Waals surface area contributed by atoms with Gasteiger partial charge in [0.2, 0.25) is 0 Å². The van der Waals surface area contributed by atoms with E-state index >= 15 is 0 Å². The summed E-state index contributed by atoms with van der Waals surface area (Å²) in [6.45, 7) is 6.90. The molecule has 0 unspecified atom stereocenters. The number of aryl methyl sites for hydroxylation is 1. The van der Waals surface area contributed by atoms with Crippen LogP contribution in [0.3, 0.4) is 0 Å². The SMILES string of the molecule is CCCC1(CCC)c2ccccc2-c2ccc(N(c3ccc(-c4ccccn4)cc3)c3ccc(-c4ccc(CC)c5ccccc45)cc3)cc21. The molecule has 246 valence electrons. The zero-order chi connectivity index (χ0) is 34.1. The highest BCUT2D eigenvalue weighted by Crippen LogP contribution is 2.55. The summed E-state index contributed by atoms with van der Waals surface area (Å²) in [5.74, 6) is 0. The predicted octanol–water partition coefficient (Wildman–Crippen LogP) is 13.5. The third-order valence-corrected chi connectivity index (χ3v) is 10.8. The van der Waals surface area contributed by atoms with Crippen LogP contribution in [0.2, 0.25) is 0 Å². The van der Waals surface area contributed by atoms with Crippen molar-refractivity contribution in [2.45, 2.75) is 58.3 Å². The Labute approximate surface area is 297 Å². The number of rotatable bonds is 10. The minimum atomic E-state index is 0.0233. The maximum absolute atomic E-state index is 4.61. The van der Waals surface area contributed by atoms with Crippen LogP contribution in [-0.2, 0) is 11.8 Å². The number of hydrogen-bond acceptors (Lipinski definition) is 2. The van der Waals surface area contributed by atoms with Crippen molar-refractivity contribution in [3.05, 3.63) is 168 Å². The van der Waals surface area contributed by atoms with E-state index in [0.29, 0.717) is 0 Å². The molecule has 0 spiro atoms. The average molecular weight is 649 g/mol. The molecule has 0 saturated carbocycles. The molecule has 6 aromatic carbocycles. The smallest absolute Gasteiger partial charge is 0.0701 e. The van der Waals surface area contributed by atoms with Crippen molar-refractivity contribution >= 4 is 27.8 Å². The molecule has 0 bridgehead atoms. The van der Waals surface area contributed by atoms with E-state index in [1.165, 1.54) is 55.4 Å². The van der Waals surface area contributed by atoms with Gasteiger partial charge in [-0.25, -0.2) is 0 Å². The minimum absolute atomic E-state index is 0.0233. The van der Waals surface area contributed by atoms with Gasteiger partial charge >= 0.3 is 0 Å². The van der Waals surface area contributed by atoms with Crippen LogP contribution in [0.25, 0.3) is 44.3 Å². The quantitative estimate of drug-likeness (QED) is 0.147. The van der Waals surface area contributed by atoms with Crippen molar-refractivity contribution < 1.29 is 0 Å². The third-order valence-electron chi connectivity index (χ3n) is 10.8. The second kappa shape index (κ2) is 13.4. The van der Waals surface area contributed by atoms with Gasteiger partial charge in [-0.05, 0) is 118 Å². The van der Waals surface area contributed by atoms with Crippen LogP contribution in [0.4, 0.5) is 17.1 Å². The van der Waals surface area contributed by atoms with Crippen molar-refractivity contribution in [2.24, 2.45) is 0 Å². The molecule has 7 aromatic rings. The van der Waals surface area contributed by atoms with E-state index in [-0.39, 0.29) is 5.41 Å². The summed E-state index contributed by atoms with van der Waals surface area (Å²) in [5.41, 5.74) is 15.2. The fourth-order valence-electron chi connectivity index (χ4n) is 8.57. The Morgan fingerprint density at radius 1 is 0.500 bits per heavy atom. The van der Waals surface area contributed by atoms with E-state index in [1.807, 2.05) is 18.3 Å². The van der Waals surface area contributed by atoms with Gasteiger partial charge in [0.1, 0.15) is 0 Å². The lowest BCUT2D eigenvalue weighted by Crippen LogP contribution is -2.25. The first-order chi connectivity index (χ1) is 24.6. The van der Waals surface area contributed by atoms with Gasteiger partial charge in [0.25, 0.3) is 0 Å². The van der Waals surface area contributed by atoms with Gasteiger partial charge in [-0.1, -0.05) is 131 Å². The molecular formula is C48H44N2. The molecule has 2 heteroatoms. The van der Waals surface area contributed by atoms with Gasteiger partial charge in [-0.2, -0.15) is 0 Å². The van der Waals surface area contributed by atoms with Gasteiger partial charge < -0.3 is 4.90 Å². The highest BCUT2D eigenvalue weighted by atomic mass is 15.1.